The highest BCUT2D eigenvalue weighted by Gasteiger charge is 2.33. The van der Waals surface area contributed by atoms with E-state index in [0.717, 1.165) is 33.5 Å². The van der Waals surface area contributed by atoms with E-state index in [1.807, 2.05) is 34.8 Å². The number of para-hydroxylation sites is 4. The average molecular weight is 1980 g/mol. The highest BCUT2D eigenvalue weighted by Crippen LogP contribution is 2.52. The second-order valence-electron chi connectivity index (χ2n) is 55.1. The van der Waals surface area contributed by atoms with Crippen molar-refractivity contribution in [3.8, 4) is 55.6 Å². The van der Waals surface area contributed by atoms with E-state index >= 15 is 0 Å². The lowest BCUT2D eigenvalue weighted by Crippen LogP contribution is -2.16. The van der Waals surface area contributed by atoms with E-state index in [0.29, 0.717) is 0 Å². The summed E-state index contributed by atoms with van der Waals surface area (Å²) in [5.74, 6) is 0. The van der Waals surface area contributed by atoms with Gasteiger partial charge in [-0.3, -0.25) is 0 Å². The Kier molecular flexibility index (Phi) is 28.6. The second kappa shape index (κ2) is 38.9. The zero-order valence-corrected chi connectivity index (χ0v) is 97.8. The molecular weight excluding hydrogens is 1820 g/mol. The SMILES string of the molecule is CC(C)(C)c1cc(-c2cccc3c2oc2c(C(C)(C)C)cccc23)cc(C(C)(C)C)c1.CC(C)(C)c1cc(-c2cccc3c2sc2c(C(C)(C)C)cccc23)cc(C(C)(C)C)c1.CC(C)(C)c1cc(-c2cccc3oc4cccc(C(C)(C)C)c4c23)cc(C(C)(C)C)c1.CC(C)(C)c1cc(-c2cccc3sc4cccc(C(C)(C)C)c4c23)cc(C(C)(C)C)c1.CC(C)(C)c1ccccc1-c1cccc2c1oc1ccccc12. The zero-order chi connectivity index (χ0) is 107. The first-order chi connectivity index (χ1) is 68.1. The molecule has 5 aromatic heterocycles. The molecule has 0 radical (unpaired) electrons. The summed E-state index contributed by atoms with van der Waals surface area (Å²) in [5.41, 5.74) is 37.7. The Morgan fingerprint density at radius 1 is 0.156 bits per heavy atom. The molecule has 0 atom stereocenters. The first-order valence-electron chi connectivity index (χ1n) is 53.6. The van der Waals surface area contributed by atoms with Gasteiger partial charge in [-0.25, -0.2) is 0 Å². The number of hydrogen-bond donors (Lipinski definition) is 0. The number of thiophene rings is 2. The Morgan fingerprint density at radius 3 is 0.891 bits per heavy atom. The van der Waals surface area contributed by atoms with Crippen LogP contribution in [0.2, 0.25) is 0 Å². The molecule has 0 N–H and O–H groups in total. The molecule has 0 aliphatic carbocycles. The molecule has 20 rings (SSSR count). The van der Waals surface area contributed by atoms with Gasteiger partial charge in [-0.05, 0) is 212 Å². The highest BCUT2D eigenvalue weighted by atomic mass is 32.1. The Labute approximate surface area is 888 Å². The monoisotopic (exact) mass is 1980 g/mol. The summed E-state index contributed by atoms with van der Waals surface area (Å²) in [6, 6.07) is 105. The van der Waals surface area contributed by atoms with E-state index in [-0.39, 0.29) is 70.4 Å². The lowest BCUT2D eigenvalue weighted by molar-refractivity contribution is 0.568. The molecule has 0 unspecified atom stereocenters. The number of furan rings is 3. The molecule has 0 saturated carbocycles. The number of rotatable bonds is 5. The second-order valence-corrected chi connectivity index (χ2v) is 57.2. The van der Waals surface area contributed by atoms with Crippen LogP contribution in [0.1, 0.15) is 342 Å². The summed E-state index contributed by atoms with van der Waals surface area (Å²) in [4.78, 5) is 0. The van der Waals surface area contributed by atoms with Gasteiger partial charge in [0.2, 0.25) is 0 Å². The van der Waals surface area contributed by atoms with Crippen LogP contribution >= 0.6 is 22.7 Å². The van der Waals surface area contributed by atoms with Gasteiger partial charge in [0.25, 0.3) is 0 Å². The van der Waals surface area contributed by atoms with Crippen molar-refractivity contribution >= 4 is 129 Å². The molecule has 20 aromatic rings. The molecule has 5 heteroatoms. The maximum atomic E-state index is 6.65. The Bertz CT molecular complexity index is 7800. The first kappa shape index (κ1) is 108. The third-order valence-electron chi connectivity index (χ3n) is 29.7. The quantitative estimate of drug-likeness (QED) is 0.172. The first-order valence-corrected chi connectivity index (χ1v) is 55.2. The van der Waals surface area contributed by atoms with E-state index in [4.69, 9.17) is 13.3 Å². The van der Waals surface area contributed by atoms with Gasteiger partial charge in [0.05, 0.1) is 0 Å². The van der Waals surface area contributed by atoms with Gasteiger partial charge in [-0.2, -0.15) is 0 Å². The fourth-order valence-corrected chi connectivity index (χ4v) is 23.4. The minimum atomic E-state index is 0.0269. The fraction of sp³-hybridized carbons (Fsp3) is 0.366. The lowest BCUT2D eigenvalue weighted by Gasteiger charge is -2.26. The Morgan fingerprint density at radius 2 is 0.435 bits per heavy atom. The minimum Gasteiger partial charge on any atom is -0.456 e. The van der Waals surface area contributed by atoms with Gasteiger partial charge in [0.1, 0.15) is 33.5 Å². The van der Waals surface area contributed by atoms with Crippen molar-refractivity contribution in [2.75, 3.05) is 0 Å². The summed E-state index contributed by atoms with van der Waals surface area (Å²) in [6.45, 7) is 89.5. The van der Waals surface area contributed by atoms with Gasteiger partial charge in [0.15, 0.2) is 0 Å². The summed E-state index contributed by atoms with van der Waals surface area (Å²) in [7, 11) is 0. The van der Waals surface area contributed by atoms with Crippen molar-refractivity contribution in [3.63, 3.8) is 0 Å². The van der Waals surface area contributed by atoms with Gasteiger partial charge in [-0.1, -0.05) is 525 Å². The van der Waals surface area contributed by atoms with E-state index in [1.165, 1.54) is 201 Å². The third kappa shape index (κ3) is 22.6. The topological polar surface area (TPSA) is 39.4 Å². The molecule has 3 nitrogen and oxygen atoms in total. The number of fused-ring (bicyclic) bond motifs is 15. The molecule has 15 aromatic carbocycles. The summed E-state index contributed by atoms with van der Waals surface area (Å²) in [5, 5.41) is 12.8. The van der Waals surface area contributed by atoms with E-state index in [9.17, 15) is 0 Å². The molecule has 0 bridgehead atoms. The van der Waals surface area contributed by atoms with Gasteiger partial charge in [-0.15, -0.1) is 22.7 Å². The van der Waals surface area contributed by atoms with Crippen LogP contribution in [0.5, 0.6) is 0 Å². The van der Waals surface area contributed by atoms with Crippen LogP contribution in [0.15, 0.2) is 298 Å². The highest BCUT2D eigenvalue weighted by molar-refractivity contribution is 7.26. The molecule has 0 spiro atoms. The smallest absolute Gasteiger partial charge is 0.143 e. The number of benzene rings is 15. The molecule has 762 valence electrons. The van der Waals surface area contributed by atoms with Crippen molar-refractivity contribution in [2.45, 2.75) is 340 Å². The molecule has 0 amide bonds. The van der Waals surface area contributed by atoms with Crippen molar-refractivity contribution in [2.24, 2.45) is 0 Å². The van der Waals surface area contributed by atoms with Crippen LogP contribution in [-0.2, 0) is 70.4 Å². The lowest BCUT2D eigenvalue weighted by atomic mass is 9.78. The standard InChI is InChI=1S/2C30H36O.2C30H36S.C22H20O/c1-28(2,3)20-16-19(17-21(18-20)29(4,5)6)22-12-10-14-24-26(22)27-23(30(7,8)9)13-11-15-25(27)31-24;1-28(2,3)20-16-19(17-21(18-20)29(4,5)6)22-12-10-13-23-24-14-11-15-25(30(7,8)9)27(24)31-26(22)23;1-28(2,3)20-16-19(17-21(18-20)29(4,5)6)22-12-10-14-24-26(22)27-23(30(7,8)9)13-11-15-25(27)31-24;1-28(2,3)20-16-19(17-21(18-20)29(4,5)6)22-12-10-13-23-24-14-11-15-25(30(7,8)9)27(24)31-26(22)23;1-22(2,3)19-13-6-4-9-15(19)17-11-8-12-18-16-10-5-7-14-20(16)23-21(17)18/h4*10-18H,1-9H3;4-14H,1-3H3. The van der Waals surface area contributed by atoms with E-state index < -0.39 is 0 Å². The van der Waals surface area contributed by atoms with Crippen LogP contribution < -0.4 is 0 Å². The molecule has 0 aliphatic heterocycles. The van der Waals surface area contributed by atoms with Crippen molar-refractivity contribution in [3.05, 3.63) is 357 Å². The zero-order valence-electron chi connectivity index (χ0n) is 96.2. The predicted molar refractivity (Wildman–Crippen MR) is 650 cm³/mol. The van der Waals surface area contributed by atoms with Crippen molar-refractivity contribution in [1.82, 2.24) is 0 Å². The molecule has 5 heterocycles. The Balaban J connectivity index is 0.000000132. The Hall–Kier alpha value is -11.9. The molecule has 0 saturated heterocycles. The maximum Gasteiger partial charge on any atom is 0.143 e. The van der Waals surface area contributed by atoms with Gasteiger partial charge in [0, 0.05) is 89.4 Å². The van der Waals surface area contributed by atoms with Crippen LogP contribution in [-0.4, -0.2) is 0 Å². The molecule has 147 heavy (non-hydrogen) atoms. The summed E-state index contributed by atoms with van der Waals surface area (Å²) < 4.78 is 24.8. The largest absolute Gasteiger partial charge is 0.456 e. The average Bonchev–Trinajstić information content (AvgIpc) is 1.61. The fourth-order valence-electron chi connectivity index (χ4n) is 20.7. The van der Waals surface area contributed by atoms with Gasteiger partial charge < -0.3 is 13.3 Å². The van der Waals surface area contributed by atoms with E-state index in [2.05, 4.69) is 543 Å². The normalized spacial score (nSPS) is 13.1. The van der Waals surface area contributed by atoms with Gasteiger partial charge >= 0.3 is 0 Å². The van der Waals surface area contributed by atoms with Crippen LogP contribution in [0.3, 0.4) is 0 Å². The molecular formula is C142H164O3S2. The third-order valence-corrected chi connectivity index (χ3v) is 32.1. The summed E-state index contributed by atoms with van der Waals surface area (Å²) >= 11 is 3.88. The number of hydrogen-bond acceptors (Lipinski definition) is 5. The van der Waals surface area contributed by atoms with Crippen LogP contribution in [0.25, 0.3) is 162 Å². The van der Waals surface area contributed by atoms with Crippen molar-refractivity contribution in [1.29, 1.82) is 0 Å². The summed E-state index contributed by atoms with van der Waals surface area (Å²) in [6.07, 6.45) is 0. The van der Waals surface area contributed by atoms with E-state index in [1.54, 1.807) is 0 Å². The minimum absolute atomic E-state index is 0.0269. The van der Waals surface area contributed by atoms with Crippen LogP contribution in [0, 0.1) is 0 Å². The van der Waals surface area contributed by atoms with Crippen molar-refractivity contribution < 1.29 is 13.3 Å². The predicted octanol–water partition coefficient (Wildman–Crippen LogP) is 44.1. The van der Waals surface area contributed by atoms with Crippen LogP contribution in [0.4, 0.5) is 0 Å². The maximum absolute atomic E-state index is 6.65. The molecule has 0 aliphatic rings. The molecule has 0 fully saturated rings.